The number of pyridine rings is 1. The van der Waals surface area contributed by atoms with Crippen molar-refractivity contribution in [2.75, 3.05) is 5.75 Å². The lowest BCUT2D eigenvalue weighted by Gasteiger charge is -2.17. The molecule has 6 nitrogen and oxygen atoms in total. The van der Waals surface area contributed by atoms with Crippen molar-refractivity contribution in [3.8, 4) is 6.07 Å². The van der Waals surface area contributed by atoms with Gasteiger partial charge in [-0.05, 0) is 6.07 Å². The van der Waals surface area contributed by atoms with Crippen LogP contribution in [0.5, 0.6) is 0 Å². The van der Waals surface area contributed by atoms with Gasteiger partial charge < -0.3 is 0 Å². The highest BCUT2D eigenvalue weighted by molar-refractivity contribution is 7.99. The molecule has 1 N–H and O–H groups in total. The van der Waals surface area contributed by atoms with Gasteiger partial charge >= 0.3 is 0 Å². The van der Waals surface area contributed by atoms with E-state index >= 15 is 0 Å². The second kappa shape index (κ2) is 8.05. The minimum atomic E-state index is -4.94. The van der Waals surface area contributed by atoms with E-state index in [9.17, 15) is 0 Å². The van der Waals surface area contributed by atoms with Gasteiger partial charge in [-0.3, -0.25) is 0 Å². The number of aryl methyl sites for hydroxylation is 1. The van der Waals surface area contributed by atoms with E-state index in [0.29, 0.717) is 5.56 Å². The van der Waals surface area contributed by atoms with Gasteiger partial charge in [0.1, 0.15) is 11.6 Å². The molecule has 0 aliphatic heterocycles. The van der Waals surface area contributed by atoms with Gasteiger partial charge in [0.2, 0.25) is 0 Å². The molecule has 0 saturated heterocycles. The summed E-state index contributed by atoms with van der Waals surface area (Å²) in [6, 6.07) is 5.88. The van der Waals surface area contributed by atoms with Crippen molar-refractivity contribution < 1.29 is 33.9 Å². The van der Waals surface area contributed by atoms with Crippen LogP contribution in [0.4, 0.5) is 0 Å². The highest BCUT2D eigenvalue weighted by atomic mass is 35.7. The summed E-state index contributed by atoms with van der Waals surface area (Å²) in [6.07, 6.45) is 1.82. The lowest BCUT2D eigenvalue weighted by atomic mass is 10.3. The Balaban J connectivity index is 0.000000494. The maximum absolute atomic E-state index is 8.80. The van der Waals surface area contributed by atoms with Crippen LogP contribution in [0, 0.1) is 28.5 Å². The molecule has 0 saturated carbocycles. The Morgan fingerprint density at radius 1 is 1.44 bits per heavy atom. The van der Waals surface area contributed by atoms with Gasteiger partial charge in [0, 0.05) is 18.7 Å². The largest absolute Gasteiger partial charge is 0.256 e. The van der Waals surface area contributed by atoms with Crippen molar-refractivity contribution in [2.45, 2.75) is 11.9 Å². The third kappa shape index (κ3) is 8.95. The van der Waals surface area contributed by atoms with E-state index in [1.165, 1.54) is 0 Å². The molecule has 0 aromatic carbocycles. The van der Waals surface area contributed by atoms with Gasteiger partial charge in [0.25, 0.3) is 5.03 Å². The number of nitriles is 1. The van der Waals surface area contributed by atoms with Crippen molar-refractivity contribution in [1.29, 1.82) is 5.26 Å². The second-order valence-corrected chi connectivity index (χ2v) is 4.76. The summed E-state index contributed by atoms with van der Waals surface area (Å²) < 4.78 is 34.0. The standard InChI is InChI=1S/C10H10N2S.ClHO4/c1-3-6-13-10-9(7-11)5-4-8(2)12-10;2-1(3,4)5/h3-5H,1,6H2,2H3;(H,2,3,4,5). The molecular formula is C10H11ClN2O4S. The molecule has 1 rings (SSSR count). The molecule has 0 aliphatic rings. The number of H-pyrrole nitrogens is 1. The third-order valence-electron chi connectivity index (χ3n) is 1.52. The number of halogens is 1. The highest BCUT2D eigenvalue weighted by Crippen LogP contribution is 2.16. The first-order valence-electron chi connectivity index (χ1n) is 4.56. The molecule has 18 heavy (non-hydrogen) atoms. The van der Waals surface area contributed by atoms with Crippen LogP contribution in [0.3, 0.4) is 0 Å². The molecule has 0 spiro atoms. The normalized spacial score (nSPS) is 10.0. The van der Waals surface area contributed by atoms with E-state index in [-0.39, 0.29) is 0 Å². The average molecular weight is 291 g/mol. The van der Waals surface area contributed by atoms with Gasteiger partial charge in [-0.25, -0.2) is 23.6 Å². The van der Waals surface area contributed by atoms with Crippen molar-refractivity contribution in [2.24, 2.45) is 0 Å². The van der Waals surface area contributed by atoms with E-state index < -0.39 is 10.2 Å². The molecule has 0 radical (unpaired) electrons. The van der Waals surface area contributed by atoms with E-state index in [1.807, 2.05) is 25.1 Å². The Morgan fingerprint density at radius 2 is 2.00 bits per heavy atom. The van der Waals surface area contributed by atoms with Gasteiger partial charge in [-0.1, -0.05) is 17.8 Å². The predicted octanol–water partition coefficient (Wildman–Crippen LogP) is -2.80. The zero-order valence-corrected chi connectivity index (χ0v) is 11.1. The fourth-order valence-electron chi connectivity index (χ4n) is 0.916. The lowest BCUT2D eigenvalue weighted by Crippen LogP contribution is -2.68. The number of hydrogen-bond donors (Lipinski definition) is 0. The Bertz CT molecular complexity index is 436. The predicted molar refractivity (Wildman–Crippen MR) is 53.4 cm³/mol. The topological polar surface area (TPSA) is 130 Å². The molecule has 0 atom stereocenters. The number of thioether (sulfide) groups is 1. The molecule has 1 aromatic rings. The molecule has 0 fully saturated rings. The van der Waals surface area contributed by atoms with Crippen molar-refractivity contribution in [3.05, 3.63) is 36.0 Å². The number of aromatic amines is 1. The first-order chi connectivity index (χ1) is 8.27. The number of aromatic nitrogens is 1. The van der Waals surface area contributed by atoms with Crippen LogP contribution in [-0.4, -0.2) is 5.75 Å². The minimum absolute atomic E-state index is 0.692. The highest BCUT2D eigenvalue weighted by Gasteiger charge is 2.09. The van der Waals surface area contributed by atoms with Gasteiger partial charge in [0.05, 0.1) is 0 Å². The number of nitrogens with one attached hydrogen (secondary N) is 1. The van der Waals surface area contributed by atoms with Crippen molar-refractivity contribution in [1.82, 2.24) is 0 Å². The third-order valence-corrected chi connectivity index (χ3v) is 2.53. The SMILES string of the molecule is C=CCSc1[nH+]c(C)ccc1C#N.[O-][Cl+3]([O-])([O-])[O-]. The molecule has 98 valence electrons. The summed E-state index contributed by atoms with van der Waals surface area (Å²) in [5, 5.41) is 9.72. The molecule has 0 bridgehead atoms. The van der Waals surface area contributed by atoms with Crippen LogP contribution in [0.2, 0.25) is 0 Å². The Hall–Kier alpha value is -1.14. The molecule has 8 heteroatoms. The molecule has 0 aliphatic carbocycles. The second-order valence-electron chi connectivity index (χ2n) is 2.97. The van der Waals surface area contributed by atoms with Crippen LogP contribution in [0.1, 0.15) is 11.3 Å². The van der Waals surface area contributed by atoms with E-state index in [1.54, 1.807) is 11.8 Å². The fraction of sp³-hybridized carbons (Fsp3) is 0.200. The summed E-state index contributed by atoms with van der Waals surface area (Å²) in [5.74, 6) is 0.814. The van der Waals surface area contributed by atoms with Crippen molar-refractivity contribution in [3.63, 3.8) is 0 Å². The number of nitrogens with zero attached hydrogens (tertiary/aromatic N) is 1. The Kier molecular flexibility index (Phi) is 7.54. The zero-order chi connectivity index (χ0) is 14.2. The van der Waals surface area contributed by atoms with Gasteiger partial charge in [0.15, 0.2) is 5.69 Å². The Labute approximate surface area is 111 Å². The monoisotopic (exact) mass is 290 g/mol. The molecule has 1 aromatic heterocycles. The number of rotatable bonds is 3. The maximum Gasteiger partial charge on any atom is 0.256 e. The van der Waals surface area contributed by atoms with E-state index in [4.69, 9.17) is 23.9 Å². The van der Waals surface area contributed by atoms with Crippen LogP contribution in [0.15, 0.2) is 29.8 Å². The summed E-state index contributed by atoms with van der Waals surface area (Å²) in [6.45, 7) is 5.61. The van der Waals surface area contributed by atoms with Crippen LogP contribution in [0.25, 0.3) is 0 Å². The maximum atomic E-state index is 8.80. The van der Waals surface area contributed by atoms with E-state index in [2.05, 4.69) is 17.6 Å². The van der Waals surface area contributed by atoms with Crippen molar-refractivity contribution >= 4 is 11.8 Å². The summed E-state index contributed by atoms with van der Waals surface area (Å²) in [4.78, 5) is 3.15. The molecular weight excluding hydrogens is 280 g/mol. The fourth-order valence-corrected chi connectivity index (χ4v) is 1.70. The first-order valence-corrected chi connectivity index (χ1v) is 6.78. The van der Waals surface area contributed by atoms with Crippen LogP contribution in [-0.2, 0) is 0 Å². The van der Waals surface area contributed by atoms with Crippen LogP contribution >= 0.6 is 11.8 Å². The Morgan fingerprint density at radius 3 is 2.44 bits per heavy atom. The smallest absolute Gasteiger partial charge is 0.222 e. The lowest BCUT2D eigenvalue weighted by molar-refractivity contribution is -2.00. The van der Waals surface area contributed by atoms with Gasteiger partial charge in [-0.15, -0.1) is 16.8 Å². The average Bonchev–Trinajstić information content (AvgIpc) is 2.24. The molecule has 0 amide bonds. The number of hydrogen-bond acceptors (Lipinski definition) is 6. The molecule has 1 heterocycles. The summed E-state index contributed by atoms with van der Waals surface area (Å²) in [7, 11) is -4.94. The first kappa shape index (κ1) is 16.9. The summed E-state index contributed by atoms with van der Waals surface area (Å²) in [5.41, 5.74) is 1.75. The molecule has 0 unspecified atom stereocenters. The minimum Gasteiger partial charge on any atom is -0.222 e. The summed E-state index contributed by atoms with van der Waals surface area (Å²) >= 11 is 1.59. The van der Waals surface area contributed by atoms with E-state index in [0.717, 1.165) is 16.5 Å². The quantitative estimate of drug-likeness (QED) is 0.436. The van der Waals surface area contributed by atoms with Gasteiger partial charge in [-0.2, -0.15) is 5.26 Å². The van der Waals surface area contributed by atoms with Crippen LogP contribution < -0.4 is 23.6 Å². The zero-order valence-electron chi connectivity index (χ0n) is 9.51.